The minimum Gasteiger partial charge on any atom is -0.352 e. The van der Waals surface area contributed by atoms with Gasteiger partial charge in [-0.2, -0.15) is 0 Å². The van der Waals surface area contributed by atoms with E-state index in [1.807, 2.05) is 6.07 Å². The Morgan fingerprint density at radius 1 is 1.11 bits per heavy atom. The van der Waals surface area contributed by atoms with Crippen molar-refractivity contribution >= 4 is 28.5 Å². The highest BCUT2D eigenvalue weighted by Crippen LogP contribution is 2.22. The maximum atomic E-state index is 12.0. The molecular formula is C16H22INO. The third-order valence-corrected chi connectivity index (χ3v) is 4.47. The number of carbonyl (C=O) groups excluding carboxylic acids is 1. The van der Waals surface area contributed by atoms with Crippen molar-refractivity contribution in [3.63, 3.8) is 0 Å². The van der Waals surface area contributed by atoms with Crippen LogP contribution in [0, 0.1) is 0 Å². The summed E-state index contributed by atoms with van der Waals surface area (Å²) in [7, 11) is 0. The Labute approximate surface area is 129 Å². The zero-order valence-corrected chi connectivity index (χ0v) is 13.5. The normalized spacial score (nSPS) is 13.3. The predicted molar refractivity (Wildman–Crippen MR) is 88.2 cm³/mol. The van der Waals surface area contributed by atoms with Gasteiger partial charge in [-0.05, 0) is 59.8 Å². The fraction of sp³-hybridized carbons (Fsp3) is 0.562. The summed E-state index contributed by atoms with van der Waals surface area (Å²) in [5, 5.41) is 3.03. The van der Waals surface area contributed by atoms with Crippen molar-refractivity contribution in [3.05, 3.63) is 34.9 Å². The molecule has 0 fully saturated rings. The van der Waals surface area contributed by atoms with Gasteiger partial charge in [0.2, 0.25) is 0 Å². The first-order chi connectivity index (χ1) is 9.31. The van der Waals surface area contributed by atoms with Crippen molar-refractivity contribution in [2.45, 2.75) is 44.9 Å². The van der Waals surface area contributed by atoms with E-state index in [9.17, 15) is 4.79 Å². The van der Waals surface area contributed by atoms with E-state index in [-0.39, 0.29) is 5.91 Å². The summed E-state index contributed by atoms with van der Waals surface area (Å²) in [5.41, 5.74) is 3.62. The number of aryl methyl sites for hydroxylation is 2. The summed E-state index contributed by atoms with van der Waals surface area (Å²) < 4.78 is 1.24. The first-order valence-electron chi connectivity index (χ1n) is 7.27. The van der Waals surface area contributed by atoms with Gasteiger partial charge in [0.1, 0.15) is 0 Å². The quantitative estimate of drug-likeness (QED) is 0.440. The third-order valence-electron chi connectivity index (χ3n) is 3.71. The fourth-order valence-corrected chi connectivity index (χ4v) is 3.13. The molecule has 1 aromatic rings. The second-order valence-corrected chi connectivity index (χ2v) is 6.27. The van der Waals surface area contributed by atoms with Crippen LogP contribution in [-0.4, -0.2) is 16.9 Å². The molecule has 0 bridgehead atoms. The molecule has 0 atom stereocenters. The number of carbonyl (C=O) groups is 1. The van der Waals surface area contributed by atoms with E-state index in [2.05, 4.69) is 40.0 Å². The lowest BCUT2D eigenvalue weighted by Crippen LogP contribution is -2.24. The Morgan fingerprint density at radius 2 is 1.89 bits per heavy atom. The molecule has 2 rings (SSSR count). The maximum Gasteiger partial charge on any atom is 0.251 e. The van der Waals surface area contributed by atoms with Crippen molar-refractivity contribution in [2.24, 2.45) is 0 Å². The Hall–Kier alpha value is -0.580. The van der Waals surface area contributed by atoms with E-state index in [1.165, 1.54) is 47.7 Å². The summed E-state index contributed by atoms with van der Waals surface area (Å²) in [6.07, 6.45) is 8.41. The number of benzene rings is 1. The van der Waals surface area contributed by atoms with E-state index in [4.69, 9.17) is 0 Å². The van der Waals surface area contributed by atoms with Crippen molar-refractivity contribution in [1.82, 2.24) is 5.32 Å². The van der Waals surface area contributed by atoms with E-state index in [1.54, 1.807) is 0 Å². The first kappa shape index (κ1) is 14.8. The number of halogens is 1. The molecule has 1 N–H and O–H groups in total. The Kier molecular flexibility index (Phi) is 6.14. The van der Waals surface area contributed by atoms with Crippen molar-refractivity contribution in [1.29, 1.82) is 0 Å². The average Bonchev–Trinajstić information content (AvgIpc) is 2.89. The van der Waals surface area contributed by atoms with Crippen LogP contribution in [0.15, 0.2) is 18.2 Å². The van der Waals surface area contributed by atoms with Crippen LogP contribution in [-0.2, 0) is 12.8 Å². The van der Waals surface area contributed by atoms with Gasteiger partial charge in [-0.15, -0.1) is 0 Å². The van der Waals surface area contributed by atoms with E-state index >= 15 is 0 Å². The molecule has 3 heteroatoms. The molecule has 0 aliphatic heterocycles. The van der Waals surface area contributed by atoms with Gasteiger partial charge in [0, 0.05) is 12.1 Å². The minimum absolute atomic E-state index is 0.0867. The molecule has 104 valence electrons. The highest BCUT2D eigenvalue weighted by atomic mass is 127. The number of alkyl halides is 1. The monoisotopic (exact) mass is 371 g/mol. The minimum atomic E-state index is 0.0867. The number of hydrogen-bond acceptors (Lipinski definition) is 1. The molecule has 0 saturated carbocycles. The molecule has 1 aliphatic carbocycles. The summed E-state index contributed by atoms with van der Waals surface area (Å²) in [6, 6.07) is 6.17. The molecule has 0 saturated heterocycles. The molecular weight excluding hydrogens is 349 g/mol. The lowest BCUT2D eigenvalue weighted by molar-refractivity contribution is 0.0953. The molecule has 1 aromatic carbocycles. The molecule has 0 heterocycles. The Bertz CT molecular complexity index is 431. The second-order valence-electron chi connectivity index (χ2n) is 5.20. The highest BCUT2D eigenvalue weighted by Gasteiger charge is 2.13. The lowest BCUT2D eigenvalue weighted by atomic mass is 10.1. The molecule has 0 unspecified atom stereocenters. The van der Waals surface area contributed by atoms with Crippen LogP contribution in [0.3, 0.4) is 0 Å². The van der Waals surface area contributed by atoms with E-state index in [0.29, 0.717) is 0 Å². The van der Waals surface area contributed by atoms with Crippen LogP contribution in [0.2, 0.25) is 0 Å². The lowest BCUT2D eigenvalue weighted by Gasteiger charge is -2.07. The summed E-state index contributed by atoms with van der Waals surface area (Å²) in [4.78, 5) is 12.0. The molecule has 1 amide bonds. The predicted octanol–water partition coefficient (Wildman–Crippen LogP) is 3.90. The molecule has 0 spiro atoms. The van der Waals surface area contributed by atoms with Gasteiger partial charge in [0.25, 0.3) is 5.91 Å². The molecule has 0 radical (unpaired) electrons. The van der Waals surface area contributed by atoms with Crippen molar-refractivity contribution in [3.8, 4) is 0 Å². The zero-order chi connectivity index (χ0) is 13.5. The summed E-state index contributed by atoms with van der Waals surface area (Å²) >= 11 is 2.41. The van der Waals surface area contributed by atoms with Crippen LogP contribution < -0.4 is 5.32 Å². The van der Waals surface area contributed by atoms with Gasteiger partial charge < -0.3 is 5.32 Å². The van der Waals surface area contributed by atoms with Gasteiger partial charge in [-0.25, -0.2) is 0 Å². The van der Waals surface area contributed by atoms with Gasteiger partial charge in [0.15, 0.2) is 0 Å². The number of rotatable bonds is 7. The smallest absolute Gasteiger partial charge is 0.251 e. The van der Waals surface area contributed by atoms with Crippen molar-refractivity contribution < 1.29 is 4.79 Å². The van der Waals surface area contributed by atoms with Crippen molar-refractivity contribution in [2.75, 3.05) is 11.0 Å². The first-order valence-corrected chi connectivity index (χ1v) is 8.80. The third kappa shape index (κ3) is 4.48. The largest absolute Gasteiger partial charge is 0.352 e. The second kappa shape index (κ2) is 7.88. The van der Waals surface area contributed by atoms with E-state index in [0.717, 1.165) is 24.9 Å². The number of hydrogen-bond donors (Lipinski definition) is 1. The van der Waals surface area contributed by atoms with E-state index < -0.39 is 0 Å². The highest BCUT2D eigenvalue weighted by molar-refractivity contribution is 14.1. The standard InChI is InChI=1S/C16H22INO/c17-10-3-1-2-4-11-18-16(19)15-9-8-13-6-5-7-14(13)12-15/h8-9,12H,1-7,10-11H2,(H,18,19). The van der Waals surface area contributed by atoms with Crippen LogP contribution in [0.25, 0.3) is 0 Å². The Morgan fingerprint density at radius 3 is 2.74 bits per heavy atom. The van der Waals surface area contributed by atoms with Crippen LogP contribution >= 0.6 is 22.6 Å². The average molecular weight is 371 g/mol. The topological polar surface area (TPSA) is 29.1 Å². The maximum absolute atomic E-state index is 12.0. The van der Waals surface area contributed by atoms with Gasteiger partial charge in [-0.1, -0.05) is 41.5 Å². The molecule has 19 heavy (non-hydrogen) atoms. The molecule has 0 aromatic heterocycles. The van der Waals surface area contributed by atoms with Crippen LogP contribution in [0.1, 0.15) is 53.6 Å². The molecule has 2 nitrogen and oxygen atoms in total. The van der Waals surface area contributed by atoms with Crippen LogP contribution in [0.5, 0.6) is 0 Å². The van der Waals surface area contributed by atoms with Gasteiger partial charge >= 0.3 is 0 Å². The van der Waals surface area contributed by atoms with Crippen LogP contribution in [0.4, 0.5) is 0 Å². The number of fused-ring (bicyclic) bond motifs is 1. The van der Waals surface area contributed by atoms with Gasteiger partial charge in [0.05, 0.1) is 0 Å². The number of unbranched alkanes of at least 4 members (excludes halogenated alkanes) is 3. The number of nitrogens with one attached hydrogen (secondary N) is 1. The zero-order valence-electron chi connectivity index (χ0n) is 11.4. The summed E-state index contributed by atoms with van der Waals surface area (Å²) in [5.74, 6) is 0.0867. The Balaban J connectivity index is 1.74. The molecule has 1 aliphatic rings. The number of amides is 1. The summed E-state index contributed by atoms with van der Waals surface area (Å²) in [6.45, 7) is 0.803. The van der Waals surface area contributed by atoms with Gasteiger partial charge in [-0.3, -0.25) is 4.79 Å². The SMILES string of the molecule is O=C(NCCCCCCI)c1ccc2c(c1)CCC2. The fourth-order valence-electron chi connectivity index (χ4n) is 2.59.